The van der Waals surface area contributed by atoms with Gasteiger partial charge in [0.1, 0.15) is 11.4 Å². The number of aromatic nitrogens is 1. The van der Waals surface area contributed by atoms with Crippen molar-refractivity contribution in [1.29, 1.82) is 0 Å². The number of carbonyl (C=O) groups excluding carboxylic acids is 1. The Labute approximate surface area is 160 Å². The third-order valence-electron chi connectivity index (χ3n) is 4.88. The fourth-order valence-electron chi connectivity index (χ4n) is 3.39. The number of rotatable bonds is 9. The van der Waals surface area contributed by atoms with E-state index in [9.17, 15) is 9.90 Å². The number of hydrogen-bond donors (Lipinski definition) is 2. The second kappa shape index (κ2) is 9.26. The molecule has 0 aliphatic heterocycles. The van der Waals surface area contributed by atoms with Crippen molar-refractivity contribution in [2.45, 2.75) is 45.4 Å². The van der Waals surface area contributed by atoms with Crippen LogP contribution in [0.5, 0.6) is 5.75 Å². The lowest BCUT2D eigenvalue weighted by Crippen LogP contribution is -2.32. The number of benzene rings is 2. The minimum Gasteiger partial charge on any atom is -0.508 e. The van der Waals surface area contributed by atoms with Crippen molar-refractivity contribution in [1.82, 2.24) is 4.98 Å². The van der Waals surface area contributed by atoms with Gasteiger partial charge in [-0.25, -0.2) is 0 Å². The van der Waals surface area contributed by atoms with Gasteiger partial charge in [-0.3, -0.25) is 4.79 Å². The fourth-order valence-corrected chi connectivity index (χ4v) is 3.39. The van der Waals surface area contributed by atoms with Gasteiger partial charge >= 0.3 is 0 Å². The minimum atomic E-state index is -0.0366. The molecule has 0 fully saturated rings. The molecule has 0 saturated heterocycles. The highest BCUT2D eigenvalue weighted by atomic mass is 16.3. The zero-order valence-corrected chi connectivity index (χ0v) is 15.9. The molecule has 4 nitrogen and oxygen atoms in total. The summed E-state index contributed by atoms with van der Waals surface area (Å²) in [5.41, 5.74) is 2.31. The Hall–Kier alpha value is -2.75. The van der Waals surface area contributed by atoms with Crippen LogP contribution in [0.2, 0.25) is 0 Å². The summed E-state index contributed by atoms with van der Waals surface area (Å²) in [6.07, 6.45) is 7.13. The van der Waals surface area contributed by atoms with Gasteiger partial charge in [-0.2, -0.15) is 0 Å². The van der Waals surface area contributed by atoms with E-state index in [1.54, 1.807) is 18.2 Å². The van der Waals surface area contributed by atoms with Crippen LogP contribution in [0.15, 0.2) is 54.6 Å². The number of anilines is 1. The summed E-state index contributed by atoms with van der Waals surface area (Å²) < 4.78 is 0. The van der Waals surface area contributed by atoms with Crippen LogP contribution in [-0.4, -0.2) is 22.5 Å². The molecule has 0 atom stereocenters. The Bertz CT molecular complexity index is 870. The molecule has 0 aliphatic carbocycles. The van der Waals surface area contributed by atoms with E-state index in [1.807, 2.05) is 41.3 Å². The van der Waals surface area contributed by atoms with Gasteiger partial charge in [-0.05, 0) is 42.8 Å². The standard InChI is InChI=1S/C23H28N2O2/c1-2-3-4-5-6-10-15-25(19-11-8-7-9-12-19)23(27)22-17-18-16-20(26)13-14-21(18)24-22/h7-9,11-14,16-17,24,26H,2-6,10,15H2,1H3. The van der Waals surface area contributed by atoms with Crippen LogP contribution in [0.25, 0.3) is 10.9 Å². The van der Waals surface area contributed by atoms with Gasteiger partial charge in [0.05, 0.1) is 0 Å². The fraction of sp³-hybridized carbons (Fsp3) is 0.348. The second-order valence-electron chi connectivity index (χ2n) is 7.01. The molecule has 2 N–H and O–H groups in total. The molecule has 1 heterocycles. The van der Waals surface area contributed by atoms with Crippen LogP contribution in [0.4, 0.5) is 5.69 Å². The normalized spacial score (nSPS) is 11.0. The highest BCUT2D eigenvalue weighted by molar-refractivity contribution is 6.07. The average Bonchev–Trinajstić information content (AvgIpc) is 3.11. The summed E-state index contributed by atoms with van der Waals surface area (Å²) >= 11 is 0. The minimum absolute atomic E-state index is 0.0366. The quantitative estimate of drug-likeness (QED) is 0.466. The number of aromatic amines is 1. The zero-order valence-electron chi connectivity index (χ0n) is 15.9. The molecular weight excluding hydrogens is 336 g/mol. The molecule has 0 aliphatic rings. The number of hydrogen-bond acceptors (Lipinski definition) is 2. The van der Waals surface area contributed by atoms with E-state index in [0.29, 0.717) is 12.2 Å². The number of phenolic OH excluding ortho intramolecular Hbond substituents is 1. The maximum Gasteiger partial charge on any atom is 0.274 e. The van der Waals surface area contributed by atoms with Crippen LogP contribution < -0.4 is 4.90 Å². The predicted molar refractivity (Wildman–Crippen MR) is 111 cm³/mol. The van der Waals surface area contributed by atoms with E-state index in [-0.39, 0.29) is 11.7 Å². The van der Waals surface area contributed by atoms with Crippen molar-refractivity contribution in [3.63, 3.8) is 0 Å². The largest absolute Gasteiger partial charge is 0.508 e. The van der Waals surface area contributed by atoms with Gasteiger partial charge in [0, 0.05) is 23.1 Å². The van der Waals surface area contributed by atoms with E-state index in [1.165, 1.54) is 25.7 Å². The van der Waals surface area contributed by atoms with Crippen LogP contribution in [-0.2, 0) is 0 Å². The van der Waals surface area contributed by atoms with Gasteiger partial charge in [-0.1, -0.05) is 57.2 Å². The molecule has 142 valence electrons. The Morgan fingerprint density at radius 1 is 0.963 bits per heavy atom. The molecule has 0 unspecified atom stereocenters. The van der Waals surface area contributed by atoms with Crippen molar-refractivity contribution < 1.29 is 9.90 Å². The smallest absolute Gasteiger partial charge is 0.274 e. The molecule has 0 spiro atoms. The van der Waals surface area contributed by atoms with Crippen LogP contribution >= 0.6 is 0 Å². The van der Waals surface area contributed by atoms with Crippen LogP contribution in [0.3, 0.4) is 0 Å². The molecule has 0 bridgehead atoms. The molecule has 0 radical (unpaired) electrons. The van der Waals surface area contributed by atoms with Gasteiger partial charge in [0.15, 0.2) is 0 Å². The summed E-state index contributed by atoms with van der Waals surface area (Å²) in [4.78, 5) is 18.2. The summed E-state index contributed by atoms with van der Waals surface area (Å²) in [6.45, 7) is 2.92. The molecule has 0 saturated carbocycles. The van der Waals surface area contributed by atoms with E-state index in [4.69, 9.17) is 0 Å². The van der Waals surface area contributed by atoms with E-state index in [0.717, 1.165) is 29.4 Å². The van der Waals surface area contributed by atoms with Crippen molar-refractivity contribution in [2.24, 2.45) is 0 Å². The lowest BCUT2D eigenvalue weighted by atomic mass is 10.1. The molecule has 2 aromatic carbocycles. The lowest BCUT2D eigenvalue weighted by molar-refractivity contribution is 0.0982. The number of nitrogens with zero attached hydrogens (tertiary/aromatic N) is 1. The third-order valence-corrected chi connectivity index (χ3v) is 4.88. The number of para-hydroxylation sites is 1. The number of carbonyl (C=O) groups is 1. The number of H-pyrrole nitrogens is 1. The summed E-state index contributed by atoms with van der Waals surface area (Å²) in [5, 5.41) is 10.5. The van der Waals surface area contributed by atoms with Gasteiger partial charge in [0.25, 0.3) is 5.91 Å². The van der Waals surface area contributed by atoms with E-state index < -0.39 is 0 Å². The Morgan fingerprint density at radius 3 is 2.48 bits per heavy atom. The first-order valence-corrected chi connectivity index (χ1v) is 9.87. The van der Waals surface area contributed by atoms with Crippen molar-refractivity contribution in [3.8, 4) is 5.75 Å². The Balaban J connectivity index is 1.75. The van der Waals surface area contributed by atoms with E-state index in [2.05, 4.69) is 11.9 Å². The third kappa shape index (κ3) is 4.91. The molecule has 4 heteroatoms. The molecular formula is C23H28N2O2. The number of nitrogens with one attached hydrogen (secondary N) is 1. The summed E-state index contributed by atoms with van der Waals surface area (Å²) in [6, 6.07) is 16.7. The molecule has 1 aromatic heterocycles. The second-order valence-corrected chi connectivity index (χ2v) is 7.01. The Morgan fingerprint density at radius 2 is 1.70 bits per heavy atom. The predicted octanol–water partition coefficient (Wildman–Crippen LogP) is 5.88. The average molecular weight is 364 g/mol. The van der Waals surface area contributed by atoms with Crippen molar-refractivity contribution >= 4 is 22.5 Å². The highest BCUT2D eigenvalue weighted by Crippen LogP contribution is 2.23. The van der Waals surface area contributed by atoms with Gasteiger partial charge in [-0.15, -0.1) is 0 Å². The summed E-state index contributed by atoms with van der Waals surface area (Å²) in [5.74, 6) is 0.165. The SMILES string of the molecule is CCCCCCCCN(C(=O)c1cc2cc(O)ccc2[nH]1)c1ccccc1. The number of aromatic hydroxyl groups is 1. The van der Waals surface area contributed by atoms with Crippen molar-refractivity contribution in [3.05, 3.63) is 60.3 Å². The van der Waals surface area contributed by atoms with Crippen LogP contribution in [0.1, 0.15) is 55.9 Å². The first-order valence-electron chi connectivity index (χ1n) is 9.87. The lowest BCUT2D eigenvalue weighted by Gasteiger charge is -2.22. The van der Waals surface area contributed by atoms with Gasteiger partial charge in [0.2, 0.25) is 0 Å². The molecule has 27 heavy (non-hydrogen) atoms. The van der Waals surface area contributed by atoms with Crippen molar-refractivity contribution in [2.75, 3.05) is 11.4 Å². The zero-order chi connectivity index (χ0) is 19.1. The van der Waals surface area contributed by atoms with Gasteiger partial charge < -0.3 is 15.0 Å². The maximum absolute atomic E-state index is 13.2. The summed E-state index contributed by atoms with van der Waals surface area (Å²) in [7, 11) is 0. The first kappa shape index (κ1) is 19.0. The maximum atomic E-state index is 13.2. The molecule has 3 rings (SSSR count). The monoisotopic (exact) mass is 364 g/mol. The number of fused-ring (bicyclic) bond motifs is 1. The first-order chi connectivity index (χ1) is 13.2. The number of phenols is 1. The highest BCUT2D eigenvalue weighted by Gasteiger charge is 2.19. The topological polar surface area (TPSA) is 56.3 Å². The number of amides is 1. The number of unbranched alkanes of at least 4 members (excludes halogenated alkanes) is 5. The van der Waals surface area contributed by atoms with Crippen LogP contribution in [0, 0.1) is 0 Å². The van der Waals surface area contributed by atoms with E-state index >= 15 is 0 Å². The molecule has 1 amide bonds. The molecule has 3 aromatic rings. The Kier molecular flexibility index (Phi) is 6.53.